The highest BCUT2D eigenvalue weighted by molar-refractivity contribution is 5.76. The van der Waals surface area contributed by atoms with Gasteiger partial charge in [0, 0.05) is 24.9 Å². The molecule has 8 nitrogen and oxygen atoms in total. The predicted octanol–water partition coefficient (Wildman–Crippen LogP) is 5.14. The van der Waals surface area contributed by atoms with Crippen LogP contribution in [0.4, 0.5) is 0 Å². The molecule has 1 amide bonds. The molecule has 0 aliphatic carbocycles. The minimum absolute atomic E-state index is 0.0323. The van der Waals surface area contributed by atoms with Crippen molar-refractivity contribution in [3.05, 3.63) is 89.5 Å². The van der Waals surface area contributed by atoms with Crippen LogP contribution in [0.3, 0.4) is 0 Å². The molecule has 0 saturated carbocycles. The van der Waals surface area contributed by atoms with Crippen LogP contribution >= 0.6 is 0 Å². The molecule has 232 valence electrons. The molecule has 1 heterocycles. The lowest BCUT2D eigenvalue weighted by atomic mass is 9.77. The second kappa shape index (κ2) is 15.2. The van der Waals surface area contributed by atoms with Gasteiger partial charge in [-0.3, -0.25) is 4.79 Å². The number of amides is 1. The van der Waals surface area contributed by atoms with Gasteiger partial charge in [-0.1, -0.05) is 42.8 Å². The van der Waals surface area contributed by atoms with E-state index in [2.05, 4.69) is 0 Å². The van der Waals surface area contributed by atoms with Crippen molar-refractivity contribution in [3.63, 3.8) is 0 Å². The third-order valence-corrected chi connectivity index (χ3v) is 8.69. The molecule has 3 N–H and O–H groups in total. The number of likely N-dealkylation sites (tertiary alicyclic amines) is 1. The molecule has 0 aromatic heterocycles. The van der Waals surface area contributed by atoms with Crippen molar-refractivity contribution in [3.8, 4) is 17.2 Å². The second-order valence-corrected chi connectivity index (χ2v) is 11.3. The minimum Gasteiger partial charge on any atom is -0.497 e. The number of aliphatic hydroxyl groups is 1. The Balaban J connectivity index is 1.68. The van der Waals surface area contributed by atoms with E-state index in [1.807, 2.05) is 77.7 Å². The Morgan fingerprint density at radius 1 is 0.767 bits per heavy atom. The lowest BCUT2D eigenvalue weighted by Gasteiger charge is -2.44. The number of hydrogen-bond donors (Lipinski definition) is 2. The normalized spacial score (nSPS) is 14.8. The first kappa shape index (κ1) is 32.3. The number of carbonyl (C=O) groups is 1. The number of methoxy groups -OCH3 is 3. The number of aliphatic hydroxyl groups excluding tert-OH is 1. The Morgan fingerprint density at radius 3 is 1.58 bits per heavy atom. The quantitative estimate of drug-likeness (QED) is 0.187. The minimum atomic E-state index is -1.01. The molecule has 0 spiro atoms. The van der Waals surface area contributed by atoms with E-state index < -0.39 is 11.0 Å². The molecule has 43 heavy (non-hydrogen) atoms. The van der Waals surface area contributed by atoms with Gasteiger partial charge < -0.3 is 34.7 Å². The number of piperidine rings is 1. The Morgan fingerprint density at radius 2 is 1.21 bits per heavy atom. The average molecular weight is 591 g/mol. The maximum atomic E-state index is 12.9. The Kier molecular flexibility index (Phi) is 11.4. The summed E-state index contributed by atoms with van der Waals surface area (Å²) in [6, 6.07) is 23.7. The molecule has 3 aromatic rings. The maximum absolute atomic E-state index is 12.9. The standard InChI is InChI=1S/C35H46N2O6/c1-40-30-14-8-27(9-15-30)35(28-10-16-31(41-2)17-11-28,29-12-18-32(42-3)19-13-29)43-26-34(25-38)20-23-37(24-21-34)33(39)7-5-4-6-22-36/h8-19,38H,4-7,20-26,36H2,1-3H3. The number of nitrogens with two attached hydrogens (primary N) is 1. The molecule has 3 aromatic carbocycles. The van der Waals surface area contributed by atoms with Crippen LogP contribution in [0.2, 0.25) is 0 Å². The van der Waals surface area contributed by atoms with E-state index in [9.17, 15) is 9.90 Å². The lowest BCUT2D eigenvalue weighted by molar-refractivity contribution is -0.137. The lowest BCUT2D eigenvalue weighted by Crippen LogP contribution is -2.48. The highest BCUT2D eigenvalue weighted by atomic mass is 16.5. The van der Waals surface area contributed by atoms with Gasteiger partial charge in [0.2, 0.25) is 5.91 Å². The largest absolute Gasteiger partial charge is 0.497 e. The number of rotatable bonds is 15. The van der Waals surface area contributed by atoms with Gasteiger partial charge in [-0.25, -0.2) is 0 Å². The van der Waals surface area contributed by atoms with Crippen molar-refractivity contribution in [1.82, 2.24) is 4.90 Å². The molecular weight excluding hydrogens is 544 g/mol. The number of carbonyl (C=O) groups excluding carboxylic acids is 1. The molecule has 4 rings (SSSR count). The summed E-state index contributed by atoms with van der Waals surface area (Å²) in [5.74, 6) is 2.41. The van der Waals surface area contributed by atoms with Gasteiger partial charge >= 0.3 is 0 Å². The third kappa shape index (κ3) is 7.50. The van der Waals surface area contributed by atoms with Crippen LogP contribution < -0.4 is 19.9 Å². The highest BCUT2D eigenvalue weighted by Crippen LogP contribution is 2.44. The average Bonchev–Trinajstić information content (AvgIpc) is 3.08. The van der Waals surface area contributed by atoms with Gasteiger partial charge in [-0.15, -0.1) is 0 Å². The molecule has 0 radical (unpaired) electrons. The van der Waals surface area contributed by atoms with Gasteiger partial charge in [0.15, 0.2) is 0 Å². The number of unbranched alkanes of at least 4 members (excludes halogenated alkanes) is 2. The van der Waals surface area contributed by atoms with Crippen LogP contribution in [0.15, 0.2) is 72.8 Å². The zero-order valence-electron chi connectivity index (χ0n) is 25.7. The van der Waals surface area contributed by atoms with E-state index in [1.165, 1.54) is 0 Å². The second-order valence-electron chi connectivity index (χ2n) is 11.3. The zero-order valence-corrected chi connectivity index (χ0v) is 25.7. The molecular formula is C35H46N2O6. The van der Waals surface area contributed by atoms with E-state index in [0.29, 0.717) is 45.5 Å². The SMILES string of the molecule is COc1ccc(C(OCC2(CO)CCN(C(=O)CCCCCN)CC2)(c2ccc(OC)cc2)c2ccc(OC)cc2)cc1. The van der Waals surface area contributed by atoms with E-state index in [1.54, 1.807) is 21.3 Å². The summed E-state index contributed by atoms with van der Waals surface area (Å²) in [7, 11) is 4.94. The molecule has 1 aliphatic rings. The zero-order chi connectivity index (χ0) is 30.7. The van der Waals surface area contributed by atoms with Crippen molar-refractivity contribution in [2.75, 3.05) is 54.2 Å². The van der Waals surface area contributed by atoms with Crippen LogP contribution in [0.25, 0.3) is 0 Å². The van der Waals surface area contributed by atoms with Crippen molar-refractivity contribution in [2.45, 2.75) is 44.1 Å². The number of ether oxygens (including phenoxy) is 4. The molecule has 1 saturated heterocycles. The van der Waals surface area contributed by atoms with Crippen molar-refractivity contribution >= 4 is 5.91 Å². The third-order valence-electron chi connectivity index (χ3n) is 8.69. The van der Waals surface area contributed by atoms with Gasteiger partial charge in [-0.2, -0.15) is 0 Å². The summed E-state index contributed by atoms with van der Waals surface area (Å²) in [6.07, 6.45) is 4.61. The molecule has 1 aliphatic heterocycles. The molecule has 8 heteroatoms. The van der Waals surface area contributed by atoms with Gasteiger partial charge in [0.05, 0.1) is 34.5 Å². The van der Waals surface area contributed by atoms with Gasteiger partial charge in [0.1, 0.15) is 22.8 Å². The van der Waals surface area contributed by atoms with Crippen LogP contribution in [0, 0.1) is 5.41 Å². The number of hydrogen-bond acceptors (Lipinski definition) is 7. The summed E-state index contributed by atoms with van der Waals surface area (Å²) in [6.45, 7) is 2.12. The Hall–Kier alpha value is -3.59. The summed E-state index contributed by atoms with van der Waals surface area (Å²) in [5, 5.41) is 10.7. The summed E-state index contributed by atoms with van der Waals surface area (Å²) in [5.41, 5.74) is 6.85. The first-order chi connectivity index (χ1) is 20.9. The van der Waals surface area contributed by atoms with Crippen LogP contribution in [0.1, 0.15) is 55.2 Å². The van der Waals surface area contributed by atoms with Crippen molar-refractivity contribution in [1.29, 1.82) is 0 Å². The summed E-state index contributed by atoms with van der Waals surface area (Å²) >= 11 is 0. The Bertz CT molecular complexity index is 1150. The number of nitrogens with zero attached hydrogens (tertiary/aromatic N) is 1. The predicted molar refractivity (Wildman–Crippen MR) is 168 cm³/mol. The monoisotopic (exact) mass is 590 g/mol. The maximum Gasteiger partial charge on any atom is 0.222 e. The van der Waals surface area contributed by atoms with E-state index in [4.69, 9.17) is 24.7 Å². The molecule has 0 unspecified atom stereocenters. The smallest absolute Gasteiger partial charge is 0.222 e. The first-order valence-corrected chi connectivity index (χ1v) is 15.1. The Labute approximate surface area is 255 Å². The first-order valence-electron chi connectivity index (χ1n) is 15.1. The van der Waals surface area contributed by atoms with Gasteiger partial charge in [-0.05, 0) is 85.3 Å². The summed E-state index contributed by atoms with van der Waals surface area (Å²) in [4.78, 5) is 14.8. The van der Waals surface area contributed by atoms with Crippen LogP contribution in [0.5, 0.6) is 17.2 Å². The van der Waals surface area contributed by atoms with Gasteiger partial charge in [0.25, 0.3) is 0 Å². The molecule has 0 atom stereocenters. The fourth-order valence-corrected chi connectivity index (χ4v) is 5.82. The van der Waals surface area contributed by atoms with Crippen LogP contribution in [-0.2, 0) is 15.1 Å². The van der Waals surface area contributed by atoms with Crippen LogP contribution in [-0.4, -0.2) is 70.1 Å². The fourth-order valence-electron chi connectivity index (χ4n) is 5.82. The van der Waals surface area contributed by atoms with Crippen molar-refractivity contribution in [2.24, 2.45) is 11.1 Å². The van der Waals surface area contributed by atoms with Crippen molar-refractivity contribution < 1.29 is 28.8 Å². The fraction of sp³-hybridized carbons (Fsp3) is 0.457. The van der Waals surface area contributed by atoms with E-state index in [0.717, 1.165) is 53.2 Å². The topological polar surface area (TPSA) is 103 Å². The van der Waals surface area contributed by atoms with E-state index >= 15 is 0 Å². The summed E-state index contributed by atoms with van der Waals surface area (Å²) < 4.78 is 23.5. The molecule has 1 fully saturated rings. The highest BCUT2D eigenvalue weighted by Gasteiger charge is 2.43. The molecule has 0 bridgehead atoms. The number of benzene rings is 3. The van der Waals surface area contributed by atoms with E-state index in [-0.39, 0.29) is 12.5 Å².